The fraction of sp³-hybridized carbons (Fsp3) is 0.600. The van der Waals surface area contributed by atoms with Crippen LogP contribution in [0.2, 0.25) is 0 Å². The predicted molar refractivity (Wildman–Crippen MR) is 73.3 cm³/mol. The van der Waals surface area contributed by atoms with Gasteiger partial charge in [-0.1, -0.05) is 0 Å². The normalized spacial score (nSPS) is 11.9. The predicted octanol–water partition coefficient (Wildman–Crippen LogP) is 1.31. The van der Waals surface area contributed by atoms with E-state index in [1.165, 1.54) is 11.3 Å². The molecule has 0 aliphatic carbocycles. The molecular formula is C10H17NO3S3. The van der Waals surface area contributed by atoms with Gasteiger partial charge in [0.1, 0.15) is 4.21 Å². The van der Waals surface area contributed by atoms with E-state index in [9.17, 15) is 8.42 Å². The molecule has 1 heterocycles. The fourth-order valence-electron chi connectivity index (χ4n) is 1.24. The second kappa shape index (κ2) is 7.38. The largest absolute Gasteiger partial charge is 0.396 e. The van der Waals surface area contributed by atoms with Gasteiger partial charge in [-0.15, -0.1) is 11.3 Å². The van der Waals surface area contributed by atoms with Gasteiger partial charge in [-0.05, 0) is 30.6 Å². The van der Waals surface area contributed by atoms with Crippen LogP contribution in [0.5, 0.6) is 0 Å². The van der Waals surface area contributed by atoms with Gasteiger partial charge in [-0.25, -0.2) is 13.1 Å². The van der Waals surface area contributed by atoms with Gasteiger partial charge in [0.25, 0.3) is 0 Å². The van der Waals surface area contributed by atoms with Crippen molar-refractivity contribution in [3.8, 4) is 0 Å². The Labute approximate surface area is 110 Å². The molecule has 1 aromatic rings. The van der Waals surface area contributed by atoms with Crippen LogP contribution in [0, 0.1) is 0 Å². The van der Waals surface area contributed by atoms with Gasteiger partial charge in [0, 0.05) is 24.4 Å². The Balaban J connectivity index is 2.56. The molecule has 0 aliphatic rings. The highest BCUT2D eigenvalue weighted by molar-refractivity contribution is 7.98. The van der Waals surface area contributed by atoms with Gasteiger partial charge in [0.2, 0.25) is 10.0 Å². The minimum atomic E-state index is -3.36. The van der Waals surface area contributed by atoms with E-state index in [1.807, 2.05) is 6.26 Å². The maximum atomic E-state index is 11.8. The maximum Gasteiger partial charge on any atom is 0.250 e. The lowest BCUT2D eigenvalue weighted by molar-refractivity contribution is 0.300. The van der Waals surface area contributed by atoms with Crippen LogP contribution in [0.15, 0.2) is 16.3 Å². The van der Waals surface area contributed by atoms with Crippen molar-refractivity contribution in [3.63, 3.8) is 0 Å². The van der Waals surface area contributed by atoms with E-state index in [0.717, 1.165) is 17.1 Å². The van der Waals surface area contributed by atoms with Crippen molar-refractivity contribution < 1.29 is 13.5 Å². The van der Waals surface area contributed by atoms with E-state index < -0.39 is 10.0 Å². The molecule has 0 saturated carbocycles. The molecule has 0 spiro atoms. The first kappa shape index (κ1) is 15.0. The smallest absolute Gasteiger partial charge is 0.250 e. The first-order valence-corrected chi connectivity index (χ1v) is 8.97. The Morgan fingerprint density at radius 3 is 2.88 bits per heavy atom. The van der Waals surface area contributed by atoms with Crippen molar-refractivity contribution in [3.05, 3.63) is 17.0 Å². The number of sulfonamides is 1. The number of hydrogen-bond donors (Lipinski definition) is 2. The van der Waals surface area contributed by atoms with Crippen LogP contribution in [-0.2, 0) is 16.4 Å². The van der Waals surface area contributed by atoms with Crippen LogP contribution in [0.4, 0.5) is 0 Å². The first-order valence-electron chi connectivity index (χ1n) is 5.28. The Morgan fingerprint density at radius 1 is 1.47 bits per heavy atom. The van der Waals surface area contributed by atoms with Crippen molar-refractivity contribution in [2.45, 2.75) is 17.1 Å². The van der Waals surface area contributed by atoms with Gasteiger partial charge in [0.05, 0.1) is 0 Å². The van der Waals surface area contributed by atoms with E-state index in [0.29, 0.717) is 17.2 Å². The zero-order chi connectivity index (χ0) is 12.7. The third-order valence-electron chi connectivity index (χ3n) is 2.08. The molecule has 0 amide bonds. The van der Waals surface area contributed by atoms with Gasteiger partial charge in [-0.2, -0.15) is 11.8 Å². The molecule has 0 atom stereocenters. The van der Waals surface area contributed by atoms with Crippen molar-refractivity contribution in [1.29, 1.82) is 0 Å². The molecule has 1 rings (SSSR count). The number of hydrogen-bond acceptors (Lipinski definition) is 5. The molecule has 0 saturated heterocycles. The Morgan fingerprint density at radius 2 is 2.24 bits per heavy atom. The standard InChI is InChI=1S/C10H17NO3S3/c1-15-8-2-6-11-17(13,14)10-4-3-9(16-10)5-7-12/h3-4,11-12H,2,5-8H2,1H3. The zero-order valence-corrected chi connectivity index (χ0v) is 12.1. The number of rotatable bonds is 8. The molecule has 0 fully saturated rings. The maximum absolute atomic E-state index is 11.8. The van der Waals surface area contributed by atoms with Gasteiger partial charge >= 0.3 is 0 Å². The zero-order valence-electron chi connectivity index (χ0n) is 9.68. The molecule has 2 N–H and O–H groups in total. The molecule has 7 heteroatoms. The van der Waals surface area contributed by atoms with E-state index in [4.69, 9.17) is 5.11 Å². The van der Waals surface area contributed by atoms with Crippen LogP contribution >= 0.6 is 23.1 Å². The summed E-state index contributed by atoms with van der Waals surface area (Å²) in [5, 5.41) is 8.77. The minimum absolute atomic E-state index is 0.0428. The highest BCUT2D eigenvalue weighted by atomic mass is 32.2. The molecule has 0 aromatic carbocycles. The summed E-state index contributed by atoms with van der Waals surface area (Å²) in [7, 11) is -3.36. The van der Waals surface area contributed by atoms with Gasteiger partial charge < -0.3 is 5.11 Å². The molecule has 0 aliphatic heterocycles. The third kappa shape index (κ3) is 4.97. The summed E-state index contributed by atoms with van der Waals surface area (Å²) in [6.45, 7) is 0.511. The summed E-state index contributed by atoms with van der Waals surface area (Å²) in [5.74, 6) is 0.947. The molecular weight excluding hydrogens is 278 g/mol. The first-order chi connectivity index (χ1) is 8.10. The molecule has 0 unspecified atom stereocenters. The molecule has 17 heavy (non-hydrogen) atoms. The minimum Gasteiger partial charge on any atom is -0.396 e. The molecule has 98 valence electrons. The Bertz CT molecular complexity index is 428. The topological polar surface area (TPSA) is 66.4 Å². The van der Waals surface area contributed by atoms with E-state index >= 15 is 0 Å². The second-order valence-corrected chi connectivity index (χ2v) is 7.59. The second-order valence-electron chi connectivity index (χ2n) is 3.44. The highest BCUT2D eigenvalue weighted by Gasteiger charge is 2.15. The highest BCUT2D eigenvalue weighted by Crippen LogP contribution is 2.21. The van der Waals surface area contributed by atoms with Gasteiger partial charge in [-0.3, -0.25) is 0 Å². The van der Waals surface area contributed by atoms with Crippen molar-refractivity contribution in [2.75, 3.05) is 25.2 Å². The molecule has 1 aromatic heterocycles. The Kier molecular flexibility index (Phi) is 6.50. The Hall–Kier alpha value is -0.0800. The SMILES string of the molecule is CSCCCNS(=O)(=O)c1ccc(CCO)s1. The summed E-state index contributed by atoms with van der Waals surface area (Å²) in [6, 6.07) is 3.34. The lowest BCUT2D eigenvalue weighted by atomic mass is 10.4. The van der Waals surface area contributed by atoms with Crippen LogP contribution in [0.3, 0.4) is 0 Å². The molecule has 0 radical (unpaired) electrons. The summed E-state index contributed by atoms with van der Waals surface area (Å²) in [6.07, 6.45) is 3.33. The average Bonchev–Trinajstić information content (AvgIpc) is 2.74. The summed E-state index contributed by atoms with van der Waals surface area (Å²) in [4.78, 5) is 0.886. The van der Waals surface area contributed by atoms with E-state index in [1.54, 1.807) is 23.9 Å². The van der Waals surface area contributed by atoms with E-state index in [2.05, 4.69) is 4.72 Å². The van der Waals surface area contributed by atoms with Crippen LogP contribution in [-0.4, -0.2) is 38.7 Å². The van der Waals surface area contributed by atoms with Crippen molar-refractivity contribution >= 4 is 33.1 Å². The van der Waals surface area contributed by atoms with Crippen LogP contribution in [0.1, 0.15) is 11.3 Å². The summed E-state index contributed by atoms with van der Waals surface area (Å²) >= 11 is 2.91. The lowest BCUT2D eigenvalue weighted by Crippen LogP contribution is -2.24. The van der Waals surface area contributed by atoms with Crippen molar-refractivity contribution in [2.24, 2.45) is 0 Å². The van der Waals surface area contributed by atoms with Crippen LogP contribution < -0.4 is 4.72 Å². The monoisotopic (exact) mass is 295 g/mol. The van der Waals surface area contributed by atoms with E-state index in [-0.39, 0.29) is 6.61 Å². The third-order valence-corrected chi connectivity index (χ3v) is 5.87. The summed E-state index contributed by atoms with van der Waals surface area (Å²) in [5.41, 5.74) is 0. The lowest BCUT2D eigenvalue weighted by Gasteiger charge is -2.03. The number of thioether (sulfide) groups is 1. The number of nitrogens with one attached hydrogen (secondary N) is 1. The number of aliphatic hydroxyl groups excluding tert-OH is 1. The molecule has 4 nitrogen and oxygen atoms in total. The number of aliphatic hydroxyl groups is 1. The average molecular weight is 295 g/mol. The number of thiophene rings is 1. The van der Waals surface area contributed by atoms with Gasteiger partial charge in [0.15, 0.2) is 0 Å². The van der Waals surface area contributed by atoms with Crippen LogP contribution in [0.25, 0.3) is 0 Å². The molecule has 0 bridgehead atoms. The summed E-state index contributed by atoms with van der Waals surface area (Å²) < 4.78 is 26.6. The quantitative estimate of drug-likeness (QED) is 0.710. The fourth-order valence-corrected chi connectivity index (χ4v) is 4.14. The van der Waals surface area contributed by atoms with Crippen molar-refractivity contribution in [1.82, 2.24) is 4.72 Å².